The Balaban J connectivity index is 1.63. The van der Waals surface area contributed by atoms with Crippen LogP contribution in [0, 0.1) is 0 Å². The first-order chi connectivity index (χ1) is 12.5. The summed E-state index contributed by atoms with van der Waals surface area (Å²) in [5.41, 5.74) is 2.26. The van der Waals surface area contributed by atoms with Crippen LogP contribution in [0.15, 0.2) is 35.5 Å². The number of aryl methyl sites for hydroxylation is 1. The zero-order valence-electron chi connectivity index (χ0n) is 15.2. The van der Waals surface area contributed by atoms with E-state index in [0.717, 1.165) is 30.9 Å². The van der Waals surface area contributed by atoms with Crippen LogP contribution in [0.2, 0.25) is 0 Å². The van der Waals surface area contributed by atoms with Crippen molar-refractivity contribution in [2.75, 3.05) is 45.2 Å². The molecule has 0 aliphatic carbocycles. The van der Waals surface area contributed by atoms with Crippen LogP contribution in [-0.4, -0.2) is 67.9 Å². The molecule has 0 spiro atoms. The number of aromatic nitrogens is 2. The van der Waals surface area contributed by atoms with E-state index < -0.39 is 10.0 Å². The summed E-state index contributed by atoms with van der Waals surface area (Å²) in [5.74, 6) is 0.803. The molecule has 0 amide bonds. The fourth-order valence-corrected chi connectivity index (χ4v) is 5.33. The lowest BCUT2D eigenvalue weighted by Crippen LogP contribution is -2.49. The maximum atomic E-state index is 13.3. The highest BCUT2D eigenvalue weighted by Crippen LogP contribution is 2.31. The fraction of sp³-hybridized carbons (Fsp3) is 0.500. The summed E-state index contributed by atoms with van der Waals surface area (Å²) in [4.78, 5) is 12.1. The molecule has 3 heterocycles. The summed E-state index contributed by atoms with van der Waals surface area (Å²) >= 11 is 0. The van der Waals surface area contributed by atoms with Crippen molar-refractivity contribution in [2.24, 2.45) is 0 Å². The minimum atomic E-state index is -3.53. The van der Waals surface area contributed by atoms with Crippen LogP contribution in [-0.2, 0) is 16.4 Å². The molecule has 7 nitrogen and oxygen atoms in total. The number of imidazole rings is 1. The number of H-pyrrole nitrogens is 1. The minimum Gasteiger partial charge on any atom is -0.374 e. The Bertz CT molecular complexity index is 881. The summed E-state index contributed by atoms with van der Waals surface area (Å²) in [6, 6.07) is 5.50. The van der Waals surface area contributed by atoms with Gasteiger partial charge in [-0.3, -0.25) is 4.90 Å². The number of aromatic amines is 1. The van der Waals surface area contributed by atoms with E-state index >= 15 is 0 Å². The van der Waals surface area contributed by atoms with Gasteiger partial charge in [-0.1, -0.05) is 6.07 Å². The van der Waals surface area contributed by atoms with Gasteiger partial charge in [-0.2, -0.15) is 4.31 Å². The van der Waals surface area contributed by atoms with Gasteiger partial charge in [0.25, 0.3) is 0 Å². The number of hydrogen-bond acceptors (Lipinski definition) is 5. The van der Waals surface area contributed by atoms with Crippen LogP contribution in [0.3, 0.4) is 0 Å². The maximum absolute atomic E-state index is 13.3. The lowest BCUT2D eigenvalue weighted by atomic mass is 10.0. The van der Waals surface area contributed by atoms with E-state index in [1.165, 1.54) is 5.56 Å². The van der Waals surface area contributed by atoms with Crippen molar-refractivity contribution in [3.05, 3.63) is 42.0 Å². The smallest absolute Gasteiger partial charge is 0.243 e. The molecule has 0 saturated carbocycles. The zero-order chi connectivity index (χ0) is 18.3. The number of rotatable bonds is 3. The lowest BCUT2D eigenvalue weighted by Gasteiger charge is -2.38. The highest BCUT2D eigenvalue weighted by molar-refractivity contribution is 7.89. The predicted molar refractivity (Wildman–Crippen MR) is 101 cm³/mol. The van der Waals surface area contributed by atoms with Crippen LogP contribution in [0.4, 0.5) is 5.69 Å². The minimum absolute atomic E-state index is 0.0613. The molecule has 26 heavy (non-hydrogen) atoms. The Morgan fingerprint density at radius 2 is 2.04 bits per heavy atom. The van der Waals surface area contributed by atoms with Gasteiger partial charge in [0.2, 0.25) is 10.0 Å². The summed E-state index contributed by atoms with van der Waals surface area (Å²) < 4.78 is 28.1. The summed E-state index contributed by atoms with van der Waals surface area (Å²) in [5, 5.41) is 0. The predicted octanol–water partition coefficient (Wildman–Crippen LogP) is 1.47. The number of anilines is 1. The lowest BCUT2D eigenvalue weighted by molar-refractivity contribution is 0.142. The second-order valence-electron chi connectivity index (χ2n) is 7.15. The van der Waals surface area contributed by atoms with Crippen molar-refractivity contribution in [1.29, 1.82) is 0 Å². The third kappa shape index (κ3) is 3.02. The molecule has 0 unspecified atom stereocenters. The van der Waals surface area contributed by atoms with Crippen molar-refractivity contribution in [3.63, 3.8) is 0 Å². The van der Waals surface area contributed by atoms with E-state index in [-0.39, 0.29) is 6.04 Å². The molecule has 0 bridgehead atoms. The van der Waals surface area contributed by atoms with Gasteiger partial charge >= 0.3 is 0 Å². The molecule has 2 aliphatic rings. The van der Waals surface area contributed by atoms with Gasteiger partial charge in [-0.25, -0.2) is 13.4 Å². The van der Waals surface area contributed by atoms with Crippen LogP contribution < -0.4 is 4.90 Å². The standard InChI is InChI=1S/C18H25N5O2S/c1-21-9-3-4-14-5-6-15(12-16(14)21)26(24,25)23-11-10-22(2)17(13-23)18-19-7-8-20-18/h5-8,12,17H,3-4,9-11,13H2,1-2H3,(H,19,20)/t17-/m0/s1. The quantitative estimate of drug-likeness (QED) is 0.880. The second-order valence-corrected chi connectivity index (χ2v) is 9.09. The summed E-state index contributed by atoms with van der Waals surface area (Å²) in [6.45, 7) is 2.53. The number of hydrogen-bond donors (Lipinski definition) is 1. The normalized spacial score (nSPS) is 22.4. The van der Waals surface area contributed by atoms with E-state index in [1.807, 2.05) is 26.2 Å². The molecule has 2 aromatic rings. The summed E-state index contributed by atoms with van der Waals surface area (Å²) in [7, 11) is 0.502. The van der Waals surface area contributed by atoms with E-state index in [1.54, 1.807) is 22.8 Å². The first-order valence-corrected chi connectivity index (χ1v) is 10.4. The van der Waals surface area contributed by atoms with Gasteiger partial charge < -0.3 is 9.88 Å². The molecular weight excluding hydrogens is 350 g/mol. The topological polar surface area (TPSA) is 72.5 Å². The van der Waals surface area contributed by atoms with Crippen molar-refractivity contribution in [3.8, 4) is 0 Å². The van der Waals surface area contributed by atoms with Crippen molar-refractivity contribution in [1.82, 2.24) is 19.2 Å². The molecule has 1 N–H and O–H groups in total. The molecule has 1 aromatic heterocycles. The molecule has 4 rings (SSSR count). The number of sulfonamides is 1. The van der Waals surface area contributed by atoms with E-state index in [4.69, 9.17) is 0 Å². The average molecular weight is 375 g/mol. The Kier molecular flexibility index (Phi) is 4.50. The molecule has 1 fully saturated rings. The third-order valence-corrected chi connectivity index (χ3v) is 7.35. The Labute approximate surface area is 154 Å². The van der Waals surface area contributed by atoms with Crippen molar-refractivity contribution < 1.29 is 8.42 Å². The van der Waals surface area contributed by atoms with Crippen molar-refractivity contribution in [2.45, 2.75) is 23.8 Å². The highest BCUT2D eigenvalue weighted by atomic mass is 32.2. The largest absolute Gasteiger partial charge is 0.374 e. The average Bonchev–Trinajstić information content (AvgIpc) is 3.16. The van der Waals surface area contributed by atoms with Crippen LogP contribution in [0.5, 0.6) is 0 Å². The molecule has 1 saturated heterocycles. The van der Waals surface area contributed by atoms with Gasteiger partial charge in [0.1, 0.15) is 5.82 Å². The zero-order valence-corrected chi connectivity index (χ0v) is 16.0. The van der Waals surface area contributed by atoms with Crippen LogP contribution >= 0.6 is 0 Å². The van der Waals surface area contributed by atoms with Gasteiger partial charge in [0.05, 0.1) is 10.9 Å². The van der Waals surface area contributed by atoms with Crippen LogP contribution in [0.25, 0.3) is 0 Å². The fourth-order valence-electron chi connectivity index (χ4n) is 3.87. The van der Waals surface area contributed by atoms with Crippen molar-refractivity contribution >= 4 is 15.7 Å². The molecule has 140 valence electrons. The highest BCUT2D eigenvalue weighted by Gasteiger charge is 2.35. The van der Waals surface area contributed by atoms with Gasteiger partial charge in [-0.05, 0) is 37.6 Å². The number of likely N-dealkylation sites (N-methyl/N-ethyl adjacent to an activating group) is 1. The first-order valence-electron chi connectivity index (χ1n) is 9.00. The Hall–Kier alpha value is -1.90. The second kappa shape index (κ2) is 6.68. The third-order valence-electron chi connectivity index (χ3n) is 5.49. The monoisotopic (exact) mass is 375 g/mol. The van der Waals surface area contributed by atoms with Gasteiger partial charge in [-0.15, -0.1) is 0 Å². The maximum Gasteiger partial charge on any atom is 0.243 e. The Morgan fingerprint density at radius 1 is 1.19 bits per heavy atom. The molecule has 0 radical (unpaired) electrons. The van der Waals surface area contributed by atoms with Crippen LogP contribution in [0.1, 0.15) is 23.9 Å². The number of benzene rings is 1. The van der Waals surface area contributed by atoms with E-state index in [9.17, 15) is 8.42 Å². The molecule has 1 atom stereocenters. The SMILES string of the molecule is CN1CCCc2ccc(S(=O)(=O)N3CCN(C)[C@H](c4ncc[nH]4)C3)cc21. The number of nitrogens with one attached hydrogen (secondary N) is 1. The molecule has 1 aromatic carbocycles. The van der Waals surface area contributed by atoms with E-state index in [0.29, 0.717) is 24.5 Å². The number of fused-ring (bicyclic) bond motifs is 1. The van der Waals surface area contributed by atoms with Gasteiger partial charge in [0, 0.05) is 51.3 Å². The van der Waals surface area contributed by atoms with Gasteiger partial charge in [0.15, 0.2) is 0 Å². The molecule has 2 aliphatic heterocycles. The number of piperazine rings is 1. The van der Waals surface area contributed by atoms with E-state index in [2.05, 4.69) is 19.8 Å². The molecular formula is C18H25N5O2S. The molecule has 8 heteroatoms. The Morgan fingerprint density at radius 3 is 2.81 bits per heavy atom. The summed E-state index contributed by atoms with van der Waals surface area (Å²) in [6.07, 6.45) is 5.60. The first kappa shape index (κ1) is 17.5. The number of nitrogens with zero attached hydrogens (tertiary/aromatic N) is 4.